The molecule has 0 aliphatic rings. The van der Waals surface area contributed by atoms with Crippen LogP contribution in [-0.2, 0) is 13.0 Å². The molecule has 124 valence electrons. The molecule has 2 aromatic rings. The number of aryl methyl sites for hydroxylation is 2. The molecule has 2 heterocycles. The van der Waals surface area contributed by atoms with E-state index < -0.39 is 0 Å². The third kappa shape index (κ3) is 4.39. The minimum absolute atomic E-state index is 0.257. The van der Waals surface area contributed by atoms with Crippen LogP contribution in [0, 0.1) is 13.8 Å². The van der Waals surface area contributed by atoms with E-state index in [9.17, 15) is 9.59 Å². The largest absolute Gasteiger partial charge is 0.328 e. The summed E-state index contributed by atoms with van der Waals surface area (Å²) < 4.78 is 1.24. The third-order valence-corrected chi connectivity index (χ3v) is 4.19. The Kier molecular flexibility index (Phi) is 5.50. The Morgan fingerprint density at radius 3 is 2.74 bits per heavy atom. The summed E-state index contributed by atoms with van der Waals surface area (Å²) >= 11 is 0. The Balaban J connectivity index is 2.00. The number of hydrogen-bond acceptors (Lipinski definition) is 4. The van der Waals surface area contributed by atoms with Crippen molar-refractivity contribution in [3.05, 3.63) is 62.2 Å². The summed E-state index contributed by atoms with van der Waals surface area (Å²) in [5.41, 5.74) is 2.24. The van der Waals surface area contributed by atoms with Crippen LogP contribution in [-0.4, -0.2) is 39.1 Å². The van der Waals surface area contributed by atoms with Gasteiger partial charge in [0.2, 0.25) is 0 Å². The van der Waals surface area contributed by atoms with Gasteiger partial charge in [0.1, 0.15) is 0 Å². The number of rotatable bonds is 6. The van der Waals surface area contributed by atoms with Crippen LogP contribution >= 0.6 is 0 Å². The van der Waals surface area contributed by atoms with E-state index in [1.54, 1.807) is 13.1 Å². The molecule has 0 aliphatic heterocycles. The normalized spacial score (nSPS) is 12.6. The molecule has 1 atom stereocenters. The Bertz CT molecular complexity index is 747. The number of aromatic amines is 1. The zero-order chi connectivity index (χ0) is 17.0. The molecular formula is C17H24N4O2. The van der Waals surface area contributed by atoms with E-state index in [1.807, 2.05) is 13.1 Å². The maximum Gasteiger partial charge on any atom is 0.328 e. The molecule has 0 amide bonds. The van der Waals surface area contributed by atoms with Gasteiger partial charge in [-0.15, -0.1) is 0 Å². The fraction of sp³-hybridized carbons (Fsp3) is 0.471. The first kappa shape index (κ1) is 17.1. The first-order chi connectivity index (χ1) is 10.9. The predicted octanol–water partition coefficient (Wildman–Crippen LogP) is 1.11. The van der Waals surface area contributed by atoms with Gasteiger partial charge in [0.15, 0.2) is 0 Å². The van der Waals surface area contributed by atoms with Crippen LogP contribution in [0.5, 0.6) is 0 Å². The van der Waals surface area contributed by atoms with E-state index in [-0.39, 0.29) is 17.3 Å². The van der Waals surface area contributed by atoms with Crippen LogP contribution in [0.3, 0.4) is 0 Å². The lowest BCUT2D eigenvalue weighted by molar-refractivity contribution is 0.242. The van der Waals surface area contributed by atoms with Crippen molar-refractivity contribution in [3.8, 4) is 0 Å². The second-order valence-corrected chi connectivity index (χ2v) is 6.05. The van der Waals surface area contributed by atoms with Gasteiger partial charge < -0.3 is 9.88 Å². The highest BCUT2D eigenvalue weighted by Gasteiger charge is 2.13. The number of H-pyrrole nitrogens is 1. The maximum atomic E-state index is 11.9. The van der Waals surface area contributed by atoms with Crippen molar-refractivity contribution >= 4 is 0 Å². The molecule has 0 bridgehead atoms. The minimum Gasteiger partial charge on any atom is -0.311 e. The van der Waals surface area contributed by atoms with E-state index in [0.717, 1.165) is 12.1 Å². The van der Waals surface area contributed by atoms with E-state index in [1.165, 1.54) is 16.2 Å². The molecule has 0 saturated carbocycles. The zero-order valence-corrected chi connectivity index (χ0v) is 14.2. The second kappa shape index (κ2) is 7.37. The number of pyridine rings is 1. The van der Waals surface area contributed by atoms with Crippen LogP contribution in [0.25, 0.3) is 0 Å². The molecule has 0 unspecified atom stereocenters. The first-order valence-corrected chi connectivity index (χ1v) is 7.80. The number of aromatic nitrogens is 3. The molecule has 0 fully saturated rings. The van der Waals surface area contributed by atoms with E-state index in [0.29, 0.717) is 18.8 Å². The molecule has 0 radical (unpaired) electrons. The molecule has 1 N–H and O–H groups in total. The zero-order valence-electron chi connectivity index (χ0n) is 14.2. The summed E-state index contributed by atoms with van der Waals surface area (Å²) in [7, 11) is 2.00. The predicted molar refractivity (Wildman–Crippen MR) is 90.8 cm³/mol. The van der Waals surface area contributed by atoms with E-state index in [2.05, 4.69) is 34.8 Å². The lowest BCUT2D eigenvalue weighted by atomic mass is 10.1. The number of likely N-dealkylation sites (N-methyl/N-ethyl adjacent to an activating group) is 1. The van der Waals surface area contributed by atoms with Crippen LogP contribution in [0.2, 0.25) is 0 Å². The van der Waals surface area contributed by atoms with Crippen molar-refractivity contribution in [2.24, 2.45) is 0 Å². The van der Waals surface area contributed by atoms with E-state index in [4.69, 9.17) is 0 Å². The first-order valence-electron chi connectivity index (χ1n) is 7.80. The Labute approximate surface area is 135 Å². The van der Waals surface area contributed by atoms with Crippen LogP contribution < -0.4 is 11.2 Å². The van der Waals surface area contributed by atoms with Gasteiger partial charge >= 0.3 is 5.69 Å². The van der Waals surface area contributed by atoms with Gasteiger partial charge in [-0.05, 0) is 39.4 Å². The number of nitrogens with one attached hydrogen (secondary N) is 1. The summed E-state index contributed by atoms with van der Waals surface area (Å²) in [6.07, 6.45) is 2.64. The topological polar surface area (TPSA) is 71.0 Å². The summed E-state index contributed by atoms with van der Waals surface area (Å²) in [5, 5.41) is 0. The number of hydrogen-bond donors (Lipinski definition) is 1. The molecule has 2 rings (SSSR count). The molecule has 0 aromatic carbocycles. The van der Waals surface area contributed by atoms with Crippen molar-refractivity contribution < 1.29 is 0 Å². The second-order valence-electron chi connectivity index (χ2n) is 6.05. The van der Waals surface area contributed by atoms with Gasteiger partial charge in [0.05, 0.1) is 0 Å². The van der Waals surface area contributed by atoms with Crippen molar-refractivity contribution in [2.45, 2.75) is 39.8 Å². The SMILES string of the molecule is Cc1cc(=O)n(CCN(C)[C@H](C)Cc2ncccc2C)c(=O)[nH]1. The van der Waals surface area contributed by atoms with Crippen molar-refractivity contribution in [2.75, 3.05) is 13.6 Å². The summed E-state index contributed by atoms with van der Waals surface area (Å²) in [6, 6.07) is 5.70. The number of nitrogens with zero attached hydrogens (tertiary/aromatic N) is 3. The van der Waals surface area contributed by atoms with Gasteiger partial charge in [-0.25, -0.2) is 4.79 Å². The molecule has 6 heteroatoms. The Morgan fingerprint density at radius 1 is 1.35 bits per heavy atom. The Hall–Kier alpha value is -2.21. The van der Waals surface area contributed by atoms with Gasteiger partial charge in [-0.2, -0.15) is 0 Å². The average molecular weight is 316 g/mol. The highest BCUT2D eigenvalue weighted by Crippen LogP contribution is 2.09. The van der Waals surface area contributed by atoms with Gasteiger partial charge in [-0.3, -0.25) is 14.3 Å². The molecule has 0 spiro atoms. The lowest BCUT2D eigenvalue weighted by Crippen LogP contribution is -2.40. The van der Waals surface area contributed by atoms with Gasteiger partial charge in [-0.1, -0.05) is 6.07 Å². The fourth-order valence-corrected chi connectivity index (χ4v) is 2.49. The van der Waals surface area contributed by atoms with Gasteiger partial charge in [0.25, 0.3) is 5.56 Å². The Morgan fingerprint density at radius 2 is 2.09 bits per heavy atom. The van der Waals surface area contributed by atoms with E-state index >= 15 is 0 Å². The summed E-state index contributed by atoms with van der Waals surface area (Å²) in [6.45, 7) is 6.88. The van der Waals surface area contributed by atoms with Crippen LogP contribution in [0.4, 0.5) is 0 Å². The molecule has 0 aliphatic carbocycles. The highest BCUT2D eigenvalue weighted by atomic mass is 16.2. The van der Waals surface area contributed by atoms with Crippen LogP contribution in [0.1, 0.15) is 23.9 Å². The molecule has 0 saturated heterocycles. The third-order valence-electron chi connectivity index (χ3n) is 4.19. The standard InChI is InChI=1S/C17H24N4O2/c1-12-6-5-7-18-15(12)11-14(3)20(4)8-9-21-16(22)10-13(2)19-17(21)23/h5-7,10,14H,8-9,11H2,1-4H3,(H,19,23)/t14-/m1/s1. The van der Waals surface area contributed by atoms with Crippen molar-refractivity contribution in [1.29, 1.82) is 0 Å². The van der Waals surface area contributed by atoms with Gasteiger partial charge in [0, 0.05) is 49.2 Å². The quantitative estimate of drug-likeness (QED) is 0.867. The summed E-state index contributed by atoms with van der Waals surface area (Å²) in [5.74, 6) is 0. The maximum absolute atomic E-state index is 11.9. The molecular weight excluding hydrogens is 292 g/mol. The highest BCUT2D eigenvalue weighted by molar-refractivity contribution is 5.18. The van der Waals surface area contributed by atoms with Crippen LogP contribution in [0.15, 0.2) is 34.0 Å². The monoisotopic (exact) mass is 316 g/mol. The molecule has 2 aromatic heterocycles. The molecule has 6 nitrogen and oxygen atoms in total. The average Bonchev–Trinajstić information content (AvgIpc) is 2.48. The fourth-order valence-electron chi connectivity index (χ4n) is 2.49. The van der Waals surface area contributed by atoms with Crippen molar-refractivity contribution in [3.63, 3.8) is 0 Å². The van der Waals surface area contributed by atoms with Crippen molar-refractivity contribution in [1.82, 2.24) is 19.4 Å². The summed E-state index contributed by atoms with van der Waals surface area (Å²) in [4.78, 5) is 33.0. The smallest absolute Gasteiger partial charge is 0.311 e. The molecule has 23 heavy (non-hydrogen) atoms. The lowest BCUT2D eigenvalue weighted by Gasteiger charge is -2.25. The minimum atomic E-state index is -0.350.